The Bertz CT molecular complexity index is 570. The minimum absolute atomic E-state index is 0.290. The lowest BCUT2D eigenvalue weighted by Gasteiger charge is -2.06. The van der Waals surface area contributed by atoms with Crippen molar-refractivity contribution in [2.75, 3.05) is 0 Å². The zero-order valence-corrected chi connectivity index (χ0v) is 11.2. The molecule has 1 nitrogen and oxygen atoms in total. The second-order valence-electron chi connectivity index (χ2n) is 4.98. The van der Waals surface area contributed by atoms with Crippen molar-refractivity contribution in [1.29, 1.82) is 0 Å². The smallest absolute Gasteiger partial charge is 0.124 e. The molecule has 3 rings (SSSR count). The largest absolute Gasteiger partial charge is 0.309 e. The first kappa shape index (κ1) is 12.6. The second-order valence-corrected chi connectivity index (χ2v) is 5.38. The van der Waals surface area contributed by atoms with Crippen molar-refractivity contribution in [1.82, 2.24) is 5.32 Å². The Kier molecular flexibility index (Phi) is 3.54. The number of hydrogen-bond donors (Lipinski definition) is 1. The van der Waals surface area contributed by atoms with Gasteiger partial charge in [-0.05, 0) is 29.7 Å². The van der Waals surface area contributed by atoms with E-state index >= 15 is 0 Å². The fraction of sp³-hybridized carbons (Fsp3) is 0.250. The van der Waals surface area contributed by atoms with Crippen LogP contribution in [0.15, 0.2) is 48.5 Å². The van der Waals surface area contributed by atoms with Crippen molar-refractivity contribution in [3.8, 4) is 0 Å². The van der Waals surface area contributed by atoms with E-state index in [1.807, 2.05) is 6.07 Å². The van der Waals surface area contributed by atoms with Crippen LogP contribution in [0.5, 0.6) is 0 Å². The molecule has 0 radical (unpaired) electrons. The van der Waals surface area contributed by atoms with Gasteiger partial charge in [0.1, 0.15) is 5.82 Å². The molecule has 0 amide bonds. The van der Waals surface area contributed by atoms with E-state index in [1.54, 1.807) is 6.07 Å². The summed E-state index contributed by atoms with van der Waals surface area (Å²) in [5, 5.41) is 3.97. The van der Waals surface area contributed by atoms with E-state index in [0.29, 0.717) is 23.5 Å². The zero-order chi connectivity index (χ0) is 13.2. The molecule has 19 heavy (non-hydrogen) atoms. The van der Waals surface area contributed by atoms with Crippen LogP contribution in [0.4, 0.5) is 4.39 Å². The molecular weight excluding hydrogens is 261 g/mol. The van der Waals surface area contributed by atoms with Gasteiger partial charge < -0.3 is 5.32 Å². The SMILES string of the molecule is Fc1ccc(CNC2CC2c2ccccc2)c(Cl)c1. The molecule has 1 N–H and O–H groups in total. The second kappa shape index (κ2) is 5.32. The molecule has 1 fully saturated rings. The van der Waals surface area contributed by atoms with Crippen molar-refractivity contribution < 1.29 is 4.39 Å². The van der Waals surface area contributed by atoms with Crippen LogP contribution < -0.4 is 5.32 Å². The standard InChI is InChI=1S/C16H15ClFN/c17-15-8-13(18)7-6-12(15)10-19-16-9-14(16)11-4-2-1-3-5-11/h1-8,14,16,19H,9-10H2. The van der Waals surface area contributed by atoms with Crippen LogP contribution >= 0.6 is 11.6 Å². The molecule has 2 aromatic carbocycles. The zero-order valence-electron chi connectivity index (χ0n) is 10.4. The topological polar surface area (TPSA) is 12.0 Å². The minimum Gasteiger partial charge on any atom is -0.309 e. The normalized spacial score (nSPS) is 21.4. The first-order valence-electron chi connectivity index (χ1n) is 6.46. The quantitative estimate of drug-likeness (QED) is 0.885. The summed E-state index contributed by atoms with van der Waals surface area (Å²) in [4.78, 5) is 0. The van der Waals surface area contributed by atoms with Crippen LogP contribution in [-0.4, -0.2) is 6.04 Å². The lowest BCUT2D eigenvalue weighted by atomic mass is 10.1. The monoisotopic (exact) mass is 275 g/mol. The molecule has 0 aliphatic heterocycles. The van der Waals surface area contributed by atoms with Crippen LogP contribution in [-0.2, 0) is 6.54 Å². The third-order valence-corrected chi connectivity index (χ3v) is 3.94. The Morgan fingerprint density at radius 3 is 2.68 bits per heavy atom. The Morgan fingerprint density at radius 2 is 1.95 bits per heavy atom. The highest BCUT2D eigenvalue weighted by molar-refractivity contribution is 6.31. The molecule has 2 aromatic rings. The molecule has 3 heteroatoms. The van der Waals surface area contributed by atoms with Gasteiger partial charge in [0.25, 0.3) is 0 Å². The average Bonchev–Trinajstić information content (AvgIpc) is 3.18. The van der Waals surface area contributed by atoms with E-state index in [4.69, 9.17) is 11.6 Å². The van der Waals surface area contributed by atoms with Crippen molar-refractivity contribution in [3.05, 3.63) is 70.5 Å². The van der Waals surface area contributed by atoms with E-state index in [2.05, 4.69) is 29.6 Å². The first-order chi connectivity index (χ1) is 9.24. The fourth-order valence-corrected chi connectivity index (χ4v) is 2.63. The Hall–Kier alpha value is -1.38. The summed E-state index contributed by atoms with van der Waals surface area (Å²) in [6, 6.07) is 15.6. The molecule has 98 valence electrons. The molecule has 0 spiro atoms. The molecule has 0 bridgehead atoms. The minimum atomic E-state index is -0.290. The highest BCUT2D eigenvalue weighted by Crippen LogP contribution is 2.40. The molecule has 1 saturated carbocycles. The number of nitrogens with one attached hydrogen (secondary N) is 1. The molecular formula is C16H15ClFN. The molecule has 2 atom stereocenters. The van der Waals surface area contributed by atoms with E-state index in [0.717, 1.165) is 12.0 Å². The summed E-state index contributed by atoms with van der Waals surface area (Å²) in [5.41, 5.74) is 2.33. The molecule has 2 unspecified atom stereocenters. The van der Waals surface area contributed by atoms with Crippen LogP contribution in [0.25, 0.3) is 0 Å². The highest BCUT2D eigenvalue weighted by Gasteiger charge is 2.37. The van der Waals surface area contributed by atoms with Crippen LogP contribution in [0.1, 0.15) is 23.5 Å². The molecule has 0 saturated heterocycles. The number of hydrogen-bond acceptors (Lipinski definition) is 1. The van der Waals surface area contributed by atoms with Crippen LogP contribution in [0.3, 0.4) is 0 Å². The van der Waals surface area contributed by atoms with Gasteiger partial charge in [-0.3, -0.25) is 0 Å². The number of halogens is 2. The number of rotatable bonds is 4. The van der Waals surface area contributed by atoms with Crippen molar-refractivity contribution in [2.45, 2.75) is 24.9 Å². The van der Waals surface area contributed by atoms with E-state index in [1.165, 1.54) is 17.7 Å². The maximum absolute atomic E-state index is 12.9. The summed E-state index contributed by atoms with van der Waals surface area (Å²) < 4.78 is 12.9. The van der Waals surface area contributed by atoms with Gasteiger partial charge in [0, 0.05) is 23.5 Å². The van der Waals surface area contributed by atoms with Crippen LogP contribution in [0.2, 0.25) is 5.02 Å². The highest BCUT2D eigenvalue weighted by atomic mass is 35.5. The average molecular weight is 276 g/mol. The summed E-state index contributed by atoms with van der Waals surface area (Å²) in [5.74, 6) is 0.308. The van der Waals surface area contributed by atoms with Gasteiger partial charge in [0.2, 0.25) is 0 Å². The summed E-state index contributed by atoms with van der Waals surface area (Å²) in [6.07, 6.45) is 1.16. The Labute approximate surface area is 117 Å². The molecule has 0 aromatic heterocycles. The van der Waals surface area contributed by atoms with Crippen LogP contribution in [0, 0.1) is 5.82 Å². The summed E-state index contributed by atoms with van der Waals surface area (Å²) >= 11 is 6.01. The van der Waals surface area contributed by atoms with Gasteiger partial charge in [0.05, 0.1) is 0 Å². The number of benzene rings is 2. The molecule has 1 aliphatic carbocycles. The van der Waals surface area contributed by atoms with Crippen molar-refractivity contribution in [3.63, 3.8) is 0 Å². The van der Waals surface area contributed by atoms with Gasteiger partial charge in [-0.25, -0.2) is 4.39 Å². The van der Waals surface area contributed by atoms with Crippen molar-refractivity contribution >= 4 is 11.6 Å². The first-order valence-corrected chi connectivity index (χ1v) is 6.84. The lowest BCUT2D eigenvalue weighted by Crippen LogP contribution is -2.17. The van der Waals surface area contributed by atoms with Gasteiger partial charge in [0.15, 0.2) is 0 Å². The summed E-state index contributed by atoms with van der Waals surface area (Å²) in [6.45, 7) is 0.688. The Balaban J connectivity index is 1.57. The third-order valence-electron chi connectivity index (χ3n) is 3.59. The van der Waals surface area contributed by atoms with Crippen molar-refractivity contribution in [2.24, 2.45) is 0 Å². The van der Waals surface area contributed by atoms with E-state index in [-0.39, 0.29) is 5.82 Å². The van der Waals surface area contributed by atoms with Gasteiger partial charge in [-0.1, -0.05) is 48.0 Å². The predicted molar refractivity (Wildman–Crippen MR) is 75.8 cm³/mol. The third kappa shape index (κ3) is 2.96. The maximum atomic E-state index is 12.9. The lowest BCUT2D eigenvalue weighted by molar-refractivity contribution is 0.624. The predicted octanol–water partition coefficient (Wildman–Crippen LogP) is 4.12. The van der Waals surface area contributed by atoms with Gasteiger partial charge in [-0.2, -0.15) is 0 Å². The van der Waals surface area contributed by atoms with Gasteiger partial charge in [-0.15, -0.1) is 0 Å². The fourth-order valence-electron chi connectivity index (χ4n) is 2.40. The summed E-state index contributed by atoms with van der Waals surface area (Å²) in [7, 11) is 0. The Morgan fingerprint density at radius 1 is 1.16 bits per heavy atom. The van der Waals surface area contributed by atoms with Gasteiger partial charge >= 0.3 is 0 Å². The van der Waals surface area contributed by atoms with E-state index < -0.39 is 0 Å². The maximum Gasteiger partial charge on any atom is 0.124 e. The molecule has 1 aliphatic rings. The van der Waals surface area contributed by atoms with E-state index in [9.17, 15) is 4.39 Å². The molecule has 0 heterocycles.